The van der Waals surface area contributed by atoms with Gasteiger partial charge < -0.3 is 14.6 Å². The topological polar surface area (TPSA) is 81.9 Å². The summed E-state index contributed by atoms with van der Waals surface area (Å²) < 4.78 is 7.45. The quantitative estimate of drug-likeness (QED) is 0.803. The monoisotopic (exact) mass is 317 g/mol. The SMILES string of the molecule is CC(=O)Nc1cc(Oc2cnc3nc(Cl)n(C)c3c2)ccn1. The van der Waals surface area contributed by atoms with Crippen LogP contribution in [0.4, 0.5) is 5.82 Å². The van der Waals surface area contributed by atoms with Gasteiger partial charge in [0, 0.05) is 32.3 Å². The molecular weight excluding hydrogens is 306 g/mol. The predicted molar refractivity (Wildman–Crippen MR) is 82.1 cm³/mol. The van der Waals surface area contributed by atoms with Gasteiger partial charge >= 0.3 is 0 Å². The second kappa shape index (κ2) is 5.61. The fourth-order valence-corrected chi connectivity index (χ4v) is 2.11. The van der Waals surface area contributed by atoms with Crippen LogP contribution in [-0.4, -0.2) is 25.4 Å². The highest BCUT2D eigenvalue weighted by Gasteiger charge is 2.09. The van der Waals surface area contributed by atoms with Gasteiger partial charge in [-0.05, 0) is 17.7 Å². The minimum atomic E-state index is -0.197. The number of carbonyl (C=O) groups excluding carboxylic acids is 1. The maximum Gasteiger partial charge on any atom is 0.222 e. The number of fused-ring (bicyclic) bond motifs is 1. The summed E-state index contributed by atoms with van der Waals surface area (Å²) in [6.45, 7) is 1.42. The molecule has 3 aromatic heterocycles. The van der Waals surface area contributed by atoms with E-state index in [0.717, 1.165) is 5.52 Å². The van der Waals surface area contributed by atoms with Crippen molar-refractivity contribution < 1.29 is 9.53 Å². The molecule has 0 aliphatic heterocycles. The molecule has 1 amide bonds. The first kappa shape index (κ1) is 14.3. The smallest absolute Gasteiger partial charge is 0.222 e. The molecule has 0 bridgehead atoms. The van der Waals surface area contributed by atoms with Crippen molar-refractivity contribution in [2.45, 2.75) is 6.92 Å². The second-order valence-corrected chi connectivity index (χ2v) is 4.95. The van der Waals surface area contributed by atoms with Gasteiger partial charge in [-0.2, -0.15) is 4.98 Å². The van der Waals surface area contributed by atoms with E-state index in [2.05, 4.69) is 20.3 Å². The van der Waals surface area contributed by atoms with Gasteiger partial charge in [-0.3, -0.25) is 4.79 Å². The fraction of sp³-hybridized carbons (Fsp3) is 0.143. The van der Waals surface area contributed by atoms with Gasteiger partial charge in [0.1, 0.15) is 17.3 Å². The molecule has 0 aliphatic rings. The average molecular weight is 318 g/mol. The summed E-state index contributed by atoms with van der Waals surface area (Å²) in [6, 6.07) is 5.10. The molecule has 0 saturated heterocycles. The number of pyridine rings is 2. The normalized spacial score (nSPS) is 10.7. The van der Waals surface area contributed by atoms with Crippen molar-refractivity contribution in [1.82, 2.24) is 19.5 Å². The average Bonchev–Trinajstić information content (AvgIpc) is 2.74. The first-order valence-electron chi connectivity index (χ1n) is 6.42. The molecule has 7 nitrogen and oxygen atoms in total. The van der Waals surface area contributed by atoms with Crippen molar-refractivity contribution in [3.05, 3.63) is 35.9 Å². The van der Waals surface area contributed by atoms with Crippen LogP contribution in [0.2, 0.25) is 5.28 Å². The largest absolute Gasteiger partial charge is 0.455 e. The van der Waals surface area contributed by atoms with Gasteiger partial charge in [0.05, 0.1) is 11.7 Å². The molecule has 0 atom stereocenters. The van der Waals surface area contributed by atoms with Crippen molar-refractivity contribution in [2.75, 3.05) is 5.32 Å². The summed E-state index contributed by atoms with van der Waals surface area (Å²) in [5.74, 6) is 1.29. The summed E-state index contributed by atoms with van der Waals surface area (Å²) in [7, 11) is 1.80. The molecule has 3 heterocycles. The highest BCUT2D eigenvalue weighted by molar-refractivity contribution is 6.29. The molecule has 112 valence electrons. The molecule has 0 spiro atoms. The Morgan fingerprint density at radius 1 is 1.32 bits per heavy atom. The van der Waals surface area contributed by atoms with Crippen molar-refractivity contribution >= 4 is 34.5 Å². The maximum absolute atomic E-state index is 11.0. The number of rotatable bonds is 3. The van der Waals surface area contributed by atoms with Crippen molar-refractivity contribution in [3.63, 3.8) is 0 Å². The number of imidazole rings is 1. The minimum absolute atomic E-state index is 0.197. The third-order valence-electron chi connectivity index (χ3n) is 2.93. The Labute approximate surface area is 130 Å². The Bertz CT molecular complexity index is 862. The number of carbonyl (C=O) groups is 1. The van der Waals surface area contributed by atoms with Crippen LogP contribution in [0.5, 0.6) is 11.5 Å². The molecule has 0 aliphatic carbocycles. The fourth-order valence-electron chi connectivity index (χ4n) is 1.94. The van der Waals surface area contributed by atoms with Crippen LogP contribution in [0.15, 0.2) is 30.6 Å². The number of halogens is 1. The lowest BCUT2D eigenvalue weighted by atomic mass is 10.4. The van der Waals surface area contributed by atoms with Crippen molar-refractivity contribution in [2.24, 2.45) is 7.05 Å². The summed E-state index contributed by atoms with van der Waals surface area (Å²) in [5.41, 5.74) is 1.31. The number of hydrogen-bond donors (Lipinski definition) is 1. The molecule has 0 aromatic carbocycles. The Morgan fingerprint density at radius 2 is 2.14 bits per heavy atom. The van der Waals surface area contributed by atoms with Crippen LogP contribution < -0.4 is 10.1 Å². The third kappa shape index (κ3) is 2.84. The molecule has 8 heteroatoms. The number of aryl methyl sites for hydroxylation is 1. The molecule has 0 radical (unpaired) electrons. The molecule has 3 aromatic rings. The predicted octanol–water partition coefficient (Wildman–Crippen LogP) is 2.77. The molecule has 3 rings (SSSR count). The van der Waals surface area contributed by atoms with Crippen molar-refractivity contribution in [3.8, 4) is 11.5 Å². The minimum Gasteiger partial charge on any atom is -0.455 e. The molecule has 0 fully saturated rings. The van der Waals surface area contributed by atoms with Gasteiger partial charge in [-0.15, -0.1) is 0 Å². The molecule has 0 unspecified atom stereocenters. The summed E-state index contributed by atoms with van der Waals surface area (Å²) in [6.07, 6.45) is 3.11. The summed E-state index contributed by atoms with van der Waals surface area (Å²) in [4.78, 5) is 23.4. The van der Waals surface area contributed by atoms with E-state index in [9.17, 15) is 4.79 Å². The number of nitrogens with one attached hydrogen (secondary N) is 1. The highest BCUT2D eigenvalue weighted by atomic mass is 35.5. The van der Waals surface area contributed by atoms with Gasteiger partial charge in [0.25, 0.3) is 0 Å². The lowest BCUT2D eigenvalue weighted by molar-refractivity contribution is -0.114. The van der Waals surface area contributed by atoms with E-state index in [-0.39, 0.29) is 5.91 Å². The third-order valence-corrected chi connectivity index (χ3v) is 3.27. The van der Waals surface area contributed by atoms with Crippen LogP contribution in [-0.2, 0) is 11.8 Å². The Morgan fingerprint density at radius 3 is 2.91 bits per heavy atom. The standard InChI is InChI=1S/C14H12ClN5O2/c1-8(21)18-12-6-9(3-4-16-12)22-10-5-11-13(17-7-10)19-14(15)20(11)2/h3-7H,1-2H3,(H,16,18,21). The van der Waals surface area contributed by atoms with Gasteiger partial charge in [-0.1, -0.05) is 0 Å². The van der Waals surface area contributed by atoms with Crippen LogP contribution >= 0.6 is 11.6 Å². The van der Waals surface area contributed by atoms with Crippen LogP contribution in [0, 0.1) is 0 Å². The molecule has 22 heavy (non-hydrogen) atoms. The van der Waals surface area contributed by atoms with E-state index in [1.54, 1.807) is 42.2 Å². The lowest BCUT2D eigenvalue weighted by Crippen LogP contribution is -2.07. The Hall–Kier alpha value is -2.67. The number of nitrogens with zero attached hydrogens (tertiary/aromatic N) is 4. The lowest BCUT2D eigenvalue weighted by Gasteiger charge is -2.07. The first-order chi connectivity index (χ1) is 10.5. The van der Waals surface area contributed by atoms with E-state index in [0.29, 0.717) is 28.2 Å². The zero-order valence-corrected chi connectivity index (χ0v) is 12.6. The summed E-state index contributed by atoms with van der Waals surface area (Å²) >= 11 is 5.96. The zero-order valence-electron chi connectivity index (χ0n) is 11.9. The number of anilines is 1. The van der Waals surface area contributed by atoms with Gasteiger partial charge in [0.2, 0.25) is 11.2 Å². The number of ether oxygens (including phenoxy) is 1. The number of hydrogen-bond acceptors (Lipinski definition) is 5. The highest BCUT2D eigenvalue weighted by Crippen LogP contribution is 2.26. The van der Waals surface area contributed by atoms with E-state index < -0.39 is 0 Å². The Kier molecular flexibility index (Phi) is 3.64. The maximum atomic E-state index is 11.0. The zero-order chi connectivity index (χ0) is 15.7. The Balaban J connectivity index is 1.89. The van der Waals surface area contributed by atoms with Gasteiger partial charge in [0.15, 0.2) is 5.65 Å². The van der Waals surface area contributed by atoms with E-state index in [4.69, 9.17) is 16.3 Å². The van der Waals surface area contributed by atoms with E-state index >= 15 is 0 Å². The van der Waals surface area contributed by atoms with E-state index in [1.165, 1.54) is 6.92 Å². The summed E-state index contributed by atoms with van der Waals surface area (Å²) in [5, 5.41) is 2.95. The van der Waals surface area contributed by atoms with Crippen LogP contribution in [0.25, 0.3) is 11.2 Å². The van der Waals surface area contributed by atoms with Gasteiger partial charge in [-0.25, -0.2) is 9.97 Å². The first-order valence-corrected chi connectivity index (χ1v) is 6.80. The van der Waals surface area contributed by atoms with Crippen LogP contribution in [0.1, 0.15) is 6.92 Å². The number of amides is 1. The second-order valence-electron chi connectivity index (χ2n) is 4.61. The van der Waals surface area contributed by atoms with E-state index in [1.807, 2.05) is 0 Å². The molecular formula is C14H12ClN5O2. The van der Waals surface area contributed by atoms with Crippen molar-refractivity contribution in [1.29, 1.82) is 0 Å². The molecule has 0 saturated carbocycles. The van der Waals surface area contributed by atoms with Crippen LogP contribution in [0.3, 0.4) is 0 Å². The number of aromatic nitrogens is 4. The molecule has 1 N–H and O–H groups in total.